The van der Waals surface area contributed by atoms with E-state index in [-0.39, 0.29) is 44.8 Å². The zero-order valence-electron chi connectivity index (χ0n) is 37.6. The summed E-state index contributed by atoms with van der Waals surface area (Å²) < 4.78 is 0. The zero-order valence-corrected chi connectivity index (χ0v) is 42.5. The number of hydrogen-bond acceptors (Lipinski definition) is 0. The number of hydrogen-bond donors (Lipinski definition) is 0. The molecule has 0 atom stereocenters. The van der Waals surface area contributed by atoms with Crippen molar-refractivity contribution in [2.75, 3.05) is 5.90 Å². The standard InChI is InChI=1S/C25H22P2.2C20H11.2Ag/c1-5-13-22(14-6-1)26(23-15-7-2-8-16-23)21-27(24-17-9-3-10-18-24)25-19-11-4-12-20-25;2*1-2-14-8-5-9-17-12-18-10-15-6-3-4-7-16(15)11-19(18)13-20(14)17;;/h1-20H,21H2;2*3-13H;;/q;2*-1;2*+1/p+2. The fraction of sp³-hybridized carbons (Fsp3) is 0.0154. The zero-order chi connectivity index (χ0) is 45.4. The van der Waals surface area contributed by atoms with Gasteiger partial charge in [0.15, 0.2) is 5.90 Å². The molecule has 12 rings (SSSR count). The summed E-state index contributed by atoms with van der Waals surface area (Å²) in [5.74, 6) is 6.29. The van der Waals surface area contributed by atoms with Crippen molar-refractivity contribution in [1.29, 1.82) is 0 Å². The molecule has 0 spiro atoms. The van der Waals surface area contributed by atoms with Crippen molar-refractivity contribution in [2.45, 2.75) is 0 Å². The molecule has 0 aliphatic rings. The van der Waals surface area contributed by atoms with Gasteiger partial charge in [-0.2, -0.15) is 0 Å². The molecule has 0 unspecified atom stereocenters. The van der Waals surface area contributed by atoms with Crippen LogP contribution in [-0.2, 0) is 44.8 Å². The average molecular weight is 1100 g/mol. The van der Waals surface area contributed by atoms with Crippen molar-refractivity contribution in [3.05, 3.63) is 279 Å². The second-order valence-corrected chi connectivity index (χ2v) is 22.3. The molecule has 0 N–H and O–H groups in total. The molecule has 0 radical (unpaired) electrons. The molecule has 0 bridgehead atoms. The first-order valence-electron chi connectivity index (χ1n) is 22.6. The Morgan fingerprint density at radius 1 is 0.261 bits per heavy atom. The predicted molar refractivity (Wildman–Crippen MR) is 296 cm³/mol. The topological polar surface area (TPSA) is 0 Å². The van der Waals surface area contributed by atoms with E-state index in [1.165, 1.54) is 70.2 Å². The molecule has 12 aromatic rings. The summed E-state index contributed by atoms with van der Waals surface area (Å²) in [5, 5.41) is 20.4. The van der Waals surface area contributed by atoms with Gasteiger partial charge < -0.3 is 12.8 Å². The number of benzene rings is 12. The van der Waals surface area contributed by atoms with Gasteiger partial charge >= 0.3 is 44.8 Å². The summed E-state index contributed by atoms with van der Waals surface area (Å²) in [6.45, 7) is 0. The maximum Gasteiger partial charge on any atom is 1.00 e. The summed E-state index contributed by atoms with van der Waals surface area (Å²) >= 11 is 0. The number of rotatable bonds is 6. The molecule has 0 aliphatic heterocycles. The molecule has 69 heavy (non-hydrogen) atoms. The molecule has 0 saturated carbocycles. The Morgan fingerprint density at radius 2 is 0.507 bits per heavy atom. The van der Waals surface area contributed by atoms with Crippen LogP contribution < -0.4 is 21.2 Å². The molecule has 0 fully saturated rings. The smallest absolute Gasteiger partial charge is 0.366 e. The van der Waals surface area contributed by atoms with Crippen LogP contribution in [0.15, 0.2) is 255 Å². The molecule has 336 valence electrons. The molecular weight excluding hydrogens is 1060 g/mol. The SMILES string of the molecule is [Ag+].[Ag+].[C-]#Cc1cccc2cc3cc4ccccc4cc3cc12.[C-]#Cc1cccc2cc3cc4ccccc4cc3cc12.c1ccc([PH+](C[PH+](c2ccccc2)c2ccccc2)c2ccccc2)cc1. The van der Waals surface area contributed by atoms with Gasteiger partial charge in [0.05, 0.1) is 0 Å². The van der Waals surface area contributed by atoms with Gasteiger partial charge in [0, 0.05) is 0 Å². The summed E-state index contributed by atoms with van der Waals surface area (Å²) in [7, 11) is -1.69. The van der Waals surface area contributed by atoms with Crippen molar-refractivity contribution in [3.8, 4) is 11.8 Å². The van der Waals surface area contributed by atoms with Crippen LogP contribution in [0.4, 0.5) is 0 Å². The third-order valence-electron chi connectivity index (χ3n) is 12.5. The second kappa shape index (κ2) is 23.3. The van der Waals surface area contributed by atoms with Gasteiger partial charge in [0.1, 0.15) is 37.1 Å². The minimum atomic E-state index is -0.847. The van der Waals surface area contributed by atoms with Crippen LogP contribution in [0.5, 0.6) is 0 Å². The summed E-state index contributed by atoms with van der Waals surface area (Å²) in [6.07, 6.45) is 14.8. The Morgan fingerprint density at radius 3 is 0.797 bits per heavy atom. The molecule has 0 aliphatic carbocycles. The largest absolute Gasteiger partial charge is 1.00 e. The van der Waals surface area contributed by atoms with Crippen LogP contribution in [0.2, 0.25) is 0 Å². The van der Waals surface area contributed by atoms with Crippen molar-refractivity contribution < 1.29 is 44.8 Å². The minimum absolute atomic E-state index is 0. The second-order valence-electron chi connectivity index (χ2n) is 16.7. The van der Waals surface area contributed by atoms with E-state index in [1.54, 1.807) is 0 Å². The summed E-state index contributed by atoms with van der Waals surface area (Å²) in [6, 6.07) is 90.8. The fourth-order valence-electron chi connectivity index (χ4n) is 9.13. The maximum absolute atomic E-state index is 7.41. The van der Waals surface area contributed by atoms with E-state index in [4.69, 9.17) is 12.8 Å². The molecular formula is C65H46Ag2P2+2. The Kier molecular flexibility index (Phi) is 16.6. The quantitative estimate of drug-likeness (QED) is 0.0512. The van der Waals surface area contributed by atoms with E-state index in [1.807, 2.05) is 24.3 Å². The van der Waals surface area contributed by atoms with Crippen LogP contribution >= 0.6 is 15.8 Å². The van der Waals surface area contributed by atoms with Crippen LogP contribution in [-0.4, -0.2) is 5.90 Å². The molecule has 0 saturated heterocycles. The third kappa shape index (κ3) is 11.3. The third-order valence-corrected chi connectivity index (χ3v) is 19.5. The first kappa shape index (κ1) is 49.1. The Hall–Kier alpha value is -6.34. The van der Waals surface area contributed by atoms with Crippen LogP contribution in [0.3, 0.4) is 0 Å². The molecule has 12 aromatic carbocycles. The average Bonchev–Trinajstić information content (AvgIpc) is 3.39. The number of fused-ring (bicyclic) bond motifs is 6. The monoisotopic (exact) mass is 1100 g/mol. The molecule has 0 aromatic heterocycles. The van der Waals surface area contributed by atoms with Crippen molar-refractivity contribution in [3.63, 3.8) is 0 Å². The predicted octanol–water partition coefficient (Wildman–Crippen LogP) is 14.8. The maximum atomic E-state index is 7.41. The molecule has 0 nitrogen and oxygen atoms in total. The van der Waals surface area contributed by atoms with Gasteiger partial charge in [-0.3, -0.25) is 11.8 Å². The van der Waals surface area contributed by atoms with Crippen LogP contribution in [0, 0.1) is 24.7 Å². The Bertz CT molecular complexity index is 3420. The van der Waals surface area contributed by atoms with Crippen LogP contribution in [0.1, 0.15) is 11.1 Å². The van der Waals surface area contributed by atoms with Crippen molar-refractivity contribution >= 4 is 102 Å². The van der Waals surface area contributed by atoms with Crippen molar-refractivity contribution in [2.24, 2.45) is 0 Å². The van der Waals surface area contributed by atoms with E-state index < -0.39 is 15.8 Å². The van der Waals surface area contributed by atoms with E-state index in [9.17, 15) is 0 Å². The molecule has 4 heteroatoms. The molecule has 0 heterocycles. The summed E-state index contributed by atoms with van der Waals surface area (Å²) in [4.78, 5) is 0. The van der Waals surface area contributed by atoms with E-state index in [2.05, 4.69) is 242 Å². The van der Waals surface area contributed by atoms with Gasteiger partial charge in [0.2, 0.25) is 0 Å². The van der Waals surface area contributed by atoms with E-state index in [0.29, 0.717) is 0 Å². The van der Waals surface area contributed by atoms with Crippen molar-refractivity contribution in [1.82, 2.24) is 0 Å². The van der Waals surface area contributed by atoms with Crippen LogP contribution in [0.25, 0.3) is 64.6 Å². The van der Waals surface area contributed by atoms with Gasteiger partial charge in [-0.05, 0) is 139 Å². The van der Waals surface area contributed by atoms with E-state index in [0.717, 1.165) is 32.7 Å². The van der Waals surface area contributed by atoms with Gasteiger partial charge in [-0.15, -0.1) is 23.3 Å². The van der Waals surface area contributed by atoms with Gasteiger partial charge in [-0.25, -0.2) is 0 Å². The minimum Gasteiger partial charge on any atom is -0.366 e. The summed E-state index contributed by atoms with van der Waals surface area (Å²) in [5.41, 5.74) is 1.69. The van der Waals surface area contributed by atoms with E-state index >= 15 is 0 Å². The first-order valence-corrected chi connectivity index (χ1v) is 26.0. The fourth-order valence-corrected chi connectivity index (χ4v) is 16.9. The van der Waals surface area contributed by atoms with Gasteiger partial charge in [0.25, 0.3) is 0 Å². The Balaban J connectivity index is 0.000000140. The normalized spacial score (nSPS) is 10.7. The molecule has 0 amide bonds. The Labute approximate surface area is 439 Å². The van der Waals surface area contributed by atoms with Gasteiger partial charge in [-0.1, -0.05) is 168 Å². The first-order chi connectivity index (χ1) is 33.1.